The van der Waals surface area contributed by atoms with E-state index in [1.807, 2.05) is 7.11 Å². The molecule has 0 aromatic rings. The molecule has 2 saturated heterocycles. The van der Waals surface area contributed by atoms with E-state index in [0.717, 1.165) is 25.9 Å². The van der Waals surface area contributed by atoms with Crippen molar-refractivity contribution in [3.8, 4) is 0 Å². The third-order valence-corrected chi connectivity index (χ3v) is 10.2. The minimum Gasteiger partial charge on any atom is -0.389 e. The molecule has 3 saturated carbocycles. The van der Waals surface area contributed by atoms with E-state index in [1.54, 1.807) is 14.2 Å². The van der Waals surface area contributed by atoms with E-state index in [2.05, 4.69) is 17.9 Å². The van der Waals surface area contributed by atoms with E-state index in [-0.39, 0.29) is 53.1 Å². The fourth-order valence-corrected chi connectivity index (χ4v) is 9.40. The highest BCUT2D eigenvalue weighted by Crippen LogP contribution is 2.73. The molecule has 2 N–H and O–H groups in total. The fraction of sp³-hybridized carbons (Fsp3) is 0.917. The van der Waals surface area contributed by atoms with Crippen LogP contribution in [-0.4, -0.2) is 92.4 Å². The summed E-state index contributed by atoms with van der Waals surface area (Å²) in [6.45, 7) is 4.77. The van der Waals surface area contributed by atoms with Gasteiger partial charge in [-0.25, -0.2) is 0 Å². The minimum absolute atomic E-state index is 0.0144. The fourth-order valence-electron chi connectivity index (χ4n) is 9.40. The lowest BCUT2D eigenvalue weighted by Crippen LogP contribution is -2.71. The number of methoxy groups -OCH3 is 3. The van der Waals surface area contributed by atoms with Crippen molar-refractivity contribution in [3.05, 3.63) is 11.6 Å². The summed E-state index contributed by atoms with van der Waals surface area (Å²) in [5, 5.41) is 23.1. The molecule has 0 amide bonds. The Kier molecular flexibility index (Phi) is 4.58. The Morgan fingerprint density at radius 2 is 2.00 bits per heavy atom. The van der Waals surface area contributed by atoms with Gasteiger partial charge in [-0.15, -0.1) is 0 Å². The molecular formula is C24H37NO6. The number of ether oxygens (including phenoxy) is 4. The number of likely N-dealkylation sites (tertiary alicyclic amines) is 1. The van der Waals surface area contributed by atoms with Crippen LogP contribution in [0.25, 0.3) is 0 Å². The molecule has 2 heterocycles. The van der Waals surface area contributed by atoms with Crippen LogP contribution in [0.4, 0.5) is 0 Å². The third-order valence-electron chi connectivity index (χ3n) is 10.2. The zero-order chi connectivity index (χ0) is 21.8. The predicted molar refractivity (Wildman–Crippen MR) is 112 cm³/mol. The monoisotopic (exact) mass is 435 g/mol. The predicted octanol–water partition coefficient (Wildman–Crippen LogP) is 1.18. The maximum atomic E-state index is 11.7. The zero-order valence-electron chi connectivity index (χ0n) is 19.1. The number of fused-ring (bicyclic) bond motifs is 1. The standard InChI is InChI=1S/C24H37NO6/c1-5-25-11-22(12-28-2)7-6-16(29-3)24-14-10-23(27)17(30-4)9-13(18(14)20(23)26)8-15(19(22)24)31-21(24)25/h8,14-21,26-27H,5-7,9-12H2,1-4H3/t14-,15+,16+,17+,18-,19-,20-,21-,22+,23+,24+/m1/s1. The molecule has 5 fully saturated rings. The Bertz CT molecular complexity index is 790. The molecule has 2 aliphatic heterocycles. The van der Waals surface area contributed by atoms with Crippen molar-refractivity contribution >= 4 is 0 Å². The number of hydrogen-bond donors (Lipinski definition) is 2. The van der Waals surface area contributed by atoms with Gasteiger partial charge in [-0.05, 0) is 38.1 Å². The van der Waals surface area contributed by atoms with Crippen molar-refractivity contribution in [3.63, 3.8) is 0 Å². The summed E-state index contributed by atoms with van der Waals surface area (Å²) < 4.78 is 24.8. The van der Waals surface area contributed by atoms with Crippen molar-refractivity contribution in [2.45, 2.75) is 68.9 Å². The second-order valence-corrected chi connectivity index (χ2v) is 11.0. The van der Waals surface area contributed by atoms with E-state index in [1.165, 1.54) is 5.57 Å². The van der Waals surface area contributed by atoms with Crippen LogP contribution < -0.4 is 0 Å². The zero-order valence-corrected chi connectivity index (χ0v) is 19.1. The summed E-state index contributed by atoms with van der Waals surface area (Å²) in [6.07, 6.45) is 4.22. The average molecular weight is 436 g/mol. The number of nitrogens with zero attached hydrogens (tertiary/aromatic N) is 1. The van der Waals surface area contributed by atoms with Gasteiger partial charge in [0.05, 0.1) is 31.0 Å². The normalized spacial score (nSPS) is 57.0. The van der Waals surface area contributed by atoms with Crippen LogP contribution in [0.2, 0.25) is 0 Å². The van der Waals surface area contributed by atoms with Gasteiger partial charge >= 0.3 is 0 Å². The maximum absolute atomic E-state index is 11.7. The van der Waals surface area contributed by atoms with E-state index in [9.17, 15) is 10.2 Å². The van der Waals surface area contributed by atoms with Crippen LogP contribution in [0.5, 0.6) is 0 Å². The number of hydrogen-bond acceptors (Lipinski definition) is 7. The lowest BCUT2D eigenvalue weighted by molar-refractivity contribution is -0.246. The molecule has 31 heavy (non-hydrogen) atoms. The number of piperidine rings is 1. The summed E-state index contributed by atoms with van der Waals surface area (Å²) in [4.78, 5) is 2.48. The first-order valence-corrected chi connectivity index (χ1v) is 12.0. The molecule has 7 bridgehead atoms. The van der Waals surface area contributed by atoms with Crippen LogP contribution in [-0.2, 0) is 18.9 Å². The quantitative estimate of drug-likeness (QED) is 0.628. The van der Waals surface area contributed by atoms with Gasteiger partial charge in [0.1, 0.15) is 11.8 Å². The average Bonchev–Trinajstić information content (AvgIpc) is 3.06. The highest BCUT2D eigenvalue weighted by molar-refractivity contribution is 5.37. The van der Waals surface area contributed by atoms with E-state index in [4.69, 9.17) is 18.9 Å². The van der Waals surface area contributed by atoms with Crippen LogP contribution in [0.3, 0.4) is 0 Å². The Balaban J connectivity index is 1.60. The number of rotatable bonds is 5. The molecule has 6 rings (SSSR count). The second kappa shape index (κ2) is 6.75. The van der Waals surface area contributed by atoms with Crippen molar-refractivity contribution in [1.82, 2.24) is 4.90 Å². The highest BCUT2D eigenvalue weighted by atomic mass is 16.5. The van der Waals surface area contributed by atoms with Gasteiger partial charge in [0.15, 0.2) is 0 Å². The first-order valence-electron chi connectivity index (χ1n) is 12.0. The van der Waals surface area contributed by atoms with Crippen molar-refractivity contribution in [1.29, 1.82) is 0 Å². The molecule has 0 radical (unpaired) electrons. The largest absolute Gasteiger partial charge is 0.389 e. The molecular weight excluding hydrogens is 398 g/mol. The van der Waals surface area contributed by atoms with Crippen molar-refractivity contribution in [2.24, 2.45) is 28.6 Å². The first kappa shape index (κ1) is 21.0. The smallest absolute Gasteiger partial charge is 0.120 e. The molecule has 6 aliphatic rings. The highest BCUT2D eigenvalue weighted by Gasteiger charge is 2.80. The Morgan fingerprint density at radius 1 is 1.23 bits per heavy atom. The van der Waals surface area contributed by atoms with Crippen molar-refractivity contribution in [2.75, 3.05) is 41.0 Å². The lowest BCUT2D eigenvalue weighted by Gasteiger charge is -2.64. The van der Waals surface area contributed by atoms with Gasteiger partial charge in [-0.3, -0.25) is 4.90 Å². The van der Waals surface area contributed by atoms with E-state index in [0.29, 0.717) is 19.4 Å². The third kappa shape index (κ3) is 2.25. The maximum Gasteiger partial charge on any atom is 0.120 e. The number of aliphatic hydroxyl groups is 2. The van der Waals surface area contributed by atoms with Gasteiger partial charge < -0.3 is 29.2 Å². The van der Waals surface area contributed by atoms with Crippen molar-refractivity contribution < 1.29 is 29.2 Å². The summed E-state index contributed by atoms with van der Waals surface area (Å²) in [7, 11) is 5.27. The van der Waals surface area contributed by atoms with E-state index >= 15 is 0 Å². The summed E-state index contributed by atoms with van der Waals surface area (Å²) in [5.41, 5.74) is -0.327. The first-order chi connectivity index (χ1) is 14.9. The van der Waals surface area contributed by atoms with Gasteiger partial charge in [0.2, 0.25) is 0 Å². The minimum atomic E-state index is -1.23. The van der Waals surface area contributed by atoms with Crippen LogP contribution >= 0.6 is 0 Å². The van der Waals surface area contributed by atoms with Crippen LogP contribution in [0.1, 0.15) is 32.6 Å². The second-order valence-electron chi connectivity index (χ2n) is 11.0. The number of aliphatic hydroxyl groups excluding tert-OH is 1. The Morgan fingerprint density at radius 3 is 2.68 bits per heavy atom. The SMILES string of the molecule is CCN1C[C@]2(COC)CC[C@H](OC)[C@]34[C@@H]5C[C@]6(O)[C@@H](OC)CC(=C[C@H](O[C@@H]13)[C@H]24)[C@H]5[C@H]6O. The topological polar surface area (TPSA) is 80.6 Å². The van der Waals surface area contributed by atoms with Crippen LogP contribution in [0.15, 0.2) is 11.6 Å². The molecule has 7 heteroatoms. The summed E-state index contributed by atoms with van der Waals surface area (Å²) in [6, 6.07) is 0. The Hall–Kier alpha value is -0.540. The van der Waals surface area contributed by atoms with Gasteiger partial charge in [0.25, 0.3) is 0 Å². The molecule has 11 atom stereocenters. The summed E-state index contributed by atoms with van der Waals surface area (Å²) in [5.74, 6) is 0.269. The van der Waals surface area contributed by atoms with Gasteiger partial charge in [0, 0.05) is 50.5 Å². The molecule has 0 spiro atoms. The Labute approximate surface area is 184 Å². The molecule has 0 aromatic carbocycles. The van der Waals surface area contributed by atoms with Gasteiger partial charge in [-0.1, -0.05) is 18.6 Å². The molecule has 0 aromatic heterocycles. The van der Waals surface area contributed by atoms with Crippen LogP contribution in [0, 0.1) is 28.6 Å². The lowest BCUT2D eigenvalue weighted by atomic mass is 9.46. The van der Waals surface area contributed by atoms with E-state index < -0.39 is 11.7 Å². The molecule has 174 valence electrons. The summed E-state index contributed by atoms with van der Waals surface area (Å²) >= 11 is 0. The molecule has 7 nitrogen and oxygen atoms in total. The van der Waals surface area contributed by atoms with Gasteiger partial charge in [-0.2, -0.15) is 0 Å². The molecule has 0 unspecified atom stereocenters. The molecule has 4 aliphatic carbocycles.